The van der Waals surface area contributed by atoms with Crippen LogP contribution < -0.4 is 26.0 Å². The van der Waals surface area contributed by atoms with Gasteiger partial charge in [-0.2, -0.15) is 0 Å². The first-order valence-electron chi connectivity index (χ1n) is 16.9. The molecule has 2 aliphatic rings. The van der Waals surface area contributed by atoms with Gasteiger partial charge < -0.3 is 30.9 Å². The molecule has 0 saturated carbocycles. The van der Waals surface area contributed by atoms with E-state index in [1.165, 1.54) is 36.8 Å². The lowest BCUT2D eigenvalue weighted by atomic mass is 10.0. The van der Waals surface area contributed by atoms with Crippen molar-refractivity contribution in [1.82, 2.24) is 31.1 Å². The van der Waals surface area contributed by atoms with Crippen molar-refractivity contribution in [2.24, 2.45) is 5.92 Å². The standard InChI is InChI=1S/C36H50N6O6/c1-24(2)33-36(47)41(4)22-32(44)38-25(3)23-48-30-11-7-6-10-28(30)34(45)39-29(16-17-31(43)40-33)35(46)37-20-26-12-14-27(15-13-26)21-42-18-8-5-9-19-42/h6-7,10-15,24-25,29,33H,5,8-9,16-23H2,1-4H3,(H,37,46)(H,38,44)(H,39,45)(H,40,43)/t25-,29-,33-/m0/s1. The lowest BCUT2D eigenvalue weighted by Crippen LogP contribution is -2.53. The molecule has 3 atom stereocenters. The Balaban J connectivity index is 1.49. The third kappa shape index (κ3) is 10.8. The number of carbonyl (C=O) groups is 5. The molecule has 2 aliphatic heterocycles. The van der Waals surface area contributed by atoms with Crippen molar-refractivity contribution in [1.29, 1.82) is 0 Å². The number of nitrogens with one attached hydrogen (secondary N) is 4. The average molecular weight is 663 g/mol. The van der Waals surface area contributed by atoms with Gasteiger partial charge in [0, 0.05) is 26.6 Å². The number of hydrogen-bond acceptors (Lipinski definition) is 7. The highest BCUT2D eigenvalue weighted by molar-refractivity contribution is 6.00. The number of para-hydroxylation sites is 1. The molecular weight excluding hydrogens is 612 g/mol. The van der Waals surface area contributed by atoms with Gasteiger partial charge in [0.2, 0.25) is 23.6 Å². The number of hydrogen-bond donors (Lipinski definition) is 4. The molecule has 0 aliphatic carbocycles. The highest BCUT2D eigenvalue weighted by Gasteiger charge is 2.30. The normalized spacial score (nSPS) is 22.4. The van der Waals surface area contributed by atoms with Crippen LogP contribution in [0, 0.1) is 5.92 Å². The minimum Gasteiger partial charge on any atom is -0.491 e. The van der Waals surface area contributed by atoms with E-state index < -0.39 is 41.8 Å². The van der Waals surface area contributed by atoms with Gasteiger partial charge in [0.05, 0.1) is 18.2 Å². The molecular formula is C36H50N6O6. The second-order valence-corrected chi connectivity index (χ2v) is 13.2. The van der Waals surface area contributed by atoms with Gasteiger partial charge in [-0.1, -0.05) is 56.7 Å². The maximum Gasteiger partial charge on any atom is 0.255 e. The molecule has 4 N–H and O–H groups in total. The lowest BCUT2D eigenvalue weighted by molar-refractivity contribution is -0.139. The Morgan fingerprint density at radius 3 is 2.31 bits per heavy atom. The molecule has 2 aromatic rings. The van der Waals surface area contributed by atoms with Gasteiger partial charge in [-0.25, -0.2) is 0 Å². The van der Waals surface area contributed by atoms with Crippen LogP contribution in [0.4, 0.5) is 0 Å². The van der Waals surface area contributed by atoms with Crippen LogP contribution in [0.25, 0.3) is 0 Å². The lowest BCUT2D eigenvalue weighted by Gasteiger charge is -2.28. The Hall–Kier alpha value is -4.45. The Bertz CT molecular complexity index is 1420. The largest absolute Gasteiger partial charge is 0.491 e. The summed E-state index contributed by atoms with van der Waals surface area (Å²) in [4.78, 5) is 69.8. The van der Waals surface area contributed by atoms with Gasteiger partial charge in [-0.05, 0) is 68.5 Å². The smallest absolute Gasteiger partial charge is 0.255 e. The summed E-state index contributed by atoms with van der Waals surface area (Å²) in [5.74, 6) is -2.19. The van der Waals surface area contributed by atoms with Crippen molar-refractivity contribution in [3.8, 4) is 5.75 Å². The number of amides is 5. The molecule has 2 aromatic carbocycles. The summed E-state index contributed by atoms with van der Waals surface area (Å²) in [5, 5.41) is 11.3. The SMILES string of the molecule is CC(C)[C@@H]1NC(=O)CC[C@@H](C(=O)NCc2ccc(CN3CCCCC3)cc2)NC(=O)c2ccccc2OC[C@H](C)NC(=O)CN(C)C1=O. The number of rotatable bonds is 6. The zero-order chi connectivity index (χ0) is 34.6. The molecule has 260 valence electrons. The van der Waals surface area contributed by atoms with E-state index in [1.54, 1.807) is 45.0 Å². The van der Waals surface area contributed by atoms with Crippen molar-refractivity contribution in [2.45, 2.75) is 84.1 Å². The van der Waals surface area contributed by atoms with E-state index in [4.69, 9.17) is 4.74 Å². The summed E-state index contributed by atoms with van der Waals surface area (Å²) in [7, 11) is 1.51. The van der Waals surface area contributed by atoms with Crippen LogP contribution >= 0.6 is 0 Å². The molecule has 0 spiro atoms. The van der Waals surface area contributed by atoms with E-state index in [-0.39, 0.29) is 55.7 Å². The number of benzene rings is 2. The zero-order valence-corrected chi connectivity index (χ0v) is 28.6. The van der Waals surface area contributed by atoms with E-state index >= 15 is 0 Å². The minimum absolute atomic E-state index is 0.00448. The Morgan fingerprint density at radius 2 is 1.60 bits per heavy atom. The molecule has 5 amide bonds. The average Bonchev–Trinajstić information content (AvgIpc) is 3.07. The van der Waals surface area contributed by atoms with Crippen molar-refractivity contribution in [3.05, 3.63) is 65.2 Å². The maximum absolute atomic E-state index is 13.5. The van der Waals surface area contributed by atoms with Crippen LogP contribution in [0.2, 0.25) is 0 Å². The highest BCUT2D eigenvalue weighted by atomic mass is 16.5. The van der Waals surface area contributed by atoms with Crippen LogP contribution in [0.3, 0.4) is 0 Å². The Kier molecular flexibility index (Phi) is 13.4. The maximum atomic E-state index is 13.5. The molecule has 0 aromatic heterocycles. The molecule has 0 radical (unpaired) electrons. The monoisotopic (exact) mass is 662 g/mol. The van der Waals surface area contributed by atoms with E-state index in [0.717, 1.165) is 25.2 Å². The first-order valence-corrected chi connectivity index (χ1v) is 16.9. The number of piperidine rings is 1. The predicted octanol–water partition coefficient (Wildman–Crippen LogP) is 2.36. The van der Waals surface area contributed by atoms with Gasteiger partial charge in [-0.3, -0.25) is 28.9 Å². The second-order valence-electron chi connectivity index (χ2n) is 13.2. The molecule has 12 heteroatoms. The summed E-state index contributed by atoms with van der Waals surface area (Å²) in [6.07, 6.45) is 3.62. The van der Waals surface area contributed by atoms with Crippen molar-refractivity contribution in [3.63, 3.8) is 0 Å². The van der Waals surface area contributed by atoms with E-state index in [9.17, 15) is 24.0 Å². The topological polar surface area (TPSA) is 149 Å². The van der Waals surface area contributed by atoms with E-state index in [1.807, 2.05) is 12.1 Å². The molecule has 12 nitrogen and oxygen atoms in total. The van der Waals surface area contributed by atoms with Crippen LogP contribution in [-0.2, 0) is 32.3 Å². The fourth-order valence-electron chi connectivity index (χ4n) is 5.88. The van der Waals surface area contributed by atoms with Crippen LogP contribution in [0.15, 0.2) is 48.5 Å². The molecule has 4 rings (SSSR count). The van der Waals surface area contributed by atoms with Gasteiger partial charge in [0.1, 0.15) is 24.4 Å². The summed E-state index contributed by atoms with van der Waals surface area (Å²) in [6, 6.07) is 12.4. The van der Waals surface area contributed by atoms with Crippen LogP contribution in [0.5, 0.6) is 5.75 Å². The number of ether oxygens (including phenoxy) is 1. The quantitative estimate of drug-likeness (QED) is 0.371. The first kappa shape index (κ1) is 36.4. The van der Waals surface area contributed by atoms with Crippen molar-refractivity contribution < 1.29 is 28.7 Å². The second kappa shape index (κ2) is 17.6. The van der Waals surface area contributed by atoms with E-state index in [2.05, 4.69) is 38.3 Å². The molecule has 48 heavy (non-hydrogen) atoms. The molecule has 1 fully saturated rings. The minimum atomic E-state index is -1.04. The molecule has 0 bridgehead atoms. The molecule has 2 heterocycles. The van der Waals surface area contributed by atoms with Gasteiger partial charge in [-0.15, -0.1) is 0 Å². The molecule has 1 saturated heterocycles. The number of fused-ring (bicyclic) bond motifs is 1. The fourth-order valence-corrected chi connectivity index (χ4v) is 5.88. The Labute approximate surface area is 283 Å². The molecule has 0 unspecified atom stereocenters. The Morgan fingerprint density at radius 1 is 0.917 bits per heavy atom. The zero-order valence-electron chi connectivity index (χ0n) is 28.6. The van der Waals surface area contributed by atoms with Crippen LogP contribution in [-0.4, -0.2) is 90.8 Å². The summed E-state index contributed by atoms with van der Waals surface area (Å²) in [5.41, 5.74) is 2.35. The first-order chi connectivity index (χ1) is 23.0. The third-order valence-corrected chi connectivity index (χ3v) is 8.66. The number of carbonyl (C=O) groups excluding carboxylic acids is 5. The fraction of sp³-hybridized carbons (Fsp3) is 0.528. The summed E-state index contributed by atoms with van der Waals surface area (Å²) >= 11 is 0. The highest BCUT2D eigenvalue weighted by Crippen LogP contribution is 2.19. The number of likely N-dealkylation sites (N-methyl/N-ethyl adjacent to an activating group) is 1. The van der Waals surface area contributed by atoms with Gasteiger partial charge in [0.15, 0.2) is 0 Å². The van der Waals surface area contributed by atoms with E-state index in [0.29, 0.717) is 0 Å². The van der Waals surface area contributed by atoms with Gasteiger partial charge in [0.25, 0.3) is 5.91 Å². The summed E-state index contributed by atoms with van der Waals surface area (Å²) in [6.45, 7) is 8.60. The van der Waals surface area contributed by atoms with Crippen molar-refractivity contribution in [2.75, 3.05) is 33.3 Å². The van der Waals surface area contributed by atoms with Crippen molar-refractivity contribution >= 4 is 29.5 Å². The summed E-state index contributed by atoms with van der Waals surface area (Å²) < 4.78 is 5.91. The van der Waals surface area contributed by atoms with Crippen LogP contribution in [0.1, 0.15) is 74.4 Å². The third-order valence-electron chi connectivity index (χ3n) is 8.66. The van der Waals surface area contributed by atoms with Gasteiger partial charge >= 0.3 is 0 Å². The predicted molar refractivity (Wildman–Crippen MR) is 182 cm³/mol. The number of nitrogens with zero attached hydrogens (tertiary/aromatic N) is 2. The number of likely N-dealkylation sites (tertiary alicyclic amines) is 1.